The predicted octanol–water partition coefficient (Wildman–Crippen LogP) is 34.0. The van der Waals surface area contributed by atoms with Crippen molar-refractivity contribution in [3.8, 4) is 145 Å². The zero-order chi connectivity index (χ0) is 84.3. The van der Waals surface area contributed by atoms with Gasteiger partial charge >= 0.3 is 0 Å². The monoisotopic (exact) mass is 1590 g/mol. The summed E-state index contributed by atoms with van der Waals surface area (Å²) in [5.41, 5.74) is 47.1. The summed E-state index contributed by atoms with van der Waals surface area (Å²) < 4.78 is 0. The summed E-state index contributed by atoms with van der Waals surface area (Å²) in [6, 6.07) is 147. The van der Waals surface area contributed by atoms with Crippen LogP contribution in [0.1, 0.15) is 125 Å². The highest BCUT2D eigenvalue weighted by Crippen LogP contribution is 2.59. The van der Waals surface area contributed by atoms with Crippen molar-refractivity contribution < 1.29 is 0 Å². The topological polar surface area (TPSA) is 0 Å². The third kappa shape index (κ3) is 11.2. The summed E-state index contributed by atoms with van der Waals surface area (Å²) in [4.78, 5) is 0. The Morgan fingerprint density at radius 2 is 0.328 bits per heavy atom. The van der Waals surface area contributed by atoms with Crippen LogP contribution in [-0.2, 0) is 27.1 Å². The molecule has 5 aliphatic rings. The second kappa shape index (κ2) is 27.3. The van der Waals surface area contributed by atoms with Crippen molar-refractivity contribution in [1.29, 1.82) is 0 Å². The van der Waals surface area contributed by atoms with E-state index in [-0.39, 0.29) is 27.1 Å². The van der Waals surface area contributed by atoms with E-state index < -0.39 is 0 Å². The maximum absolute atomic E-state index is 2.52. The standard InChI is InChI=1S/C65H50.C60H44/c1-63(2)55-22-14-12-18-45(55)47-29-24-41(35-57(47)63)42-25-30-49-50-32-27-43(37-60(50)65(5,6)58(49)36-42)61-51-20-10-11-21-52(51)62(54-34-40(26-33-53(54)61)39-16-8-7-9-17-39)44-28-31-48-46-19-13-15-23-56(46)64(3,4)59(48)38-44;1-59(2)53-21-13-12-18-45(53)46-29-27-44(36-55(46)59)58-50-20-11-10-19-49(50)57(51-31-25-41(33-52(51)58)37-14-6-5-7-15-37)43-26-30-48-47-28-24-42(34-54(47)60(3,4)56(48)35-43)40-23-22-38-16-8-9-17-39(38)32-40/h7-38H,1-6H3;5-36H,1-4H3. The fraction of sp³-hybridized carbons (Fsp3) is 0.120. The van der Waals surface area contributed by atoms with Crippen molar-refractivity contribution in [2.24, 2.45) is 0 Å². The van der Waals surface area contributed by atoms with Crippen molar-refractivity contribution in [2.75, 3.05) is 0 Å². The van der Waals surface area contributed by atoms with Crippen molar-refractivity contribution in [3.05, 3.63) is 444 Å². The average Bonchev–Trinajstić information content (AvgIpc) is 1.69. The normalized spacial score (nSPS) is 14.8. The van der Waals surface area contributed by atoms with Gasteiger partial charge in [-0.15, -0.1) is 0 Å². The van der Waals surface area contributed by atoms with Crippen LogP contribution in [0.25, 0.3) is 199 Å². The Morgan fingerprint density at radius 3 is 0.656 bits per heavy atom. The third-order valence-electron chi connectivity index (χ3n) is 29.9. The molecule has 0 amide bonds. The largest absolute Gasteiger partial charge is 0.0622 e. The summed E-state index contributed by atoms with van der Waals surface area (Å²) in [7, 11) is 0. The smallest absolute Gasteiger partial charge is 0.0159 e. The van der Waals surface area contributed by atoms with E-state index >= 15 is 0 Å². The predicted molar refractivity (Wildman–Crippen MR) is 532 cm³/mol. The van der Waals surface area contributed by atoms with Crippen molar-refractivity contribution in [1.82, 2.24) is 0 Å². The maximum Gasteiger partial charge on any atom is 0.0159 e. The molecule has 0 heterocycles. The van der Waals surface area contributed by atoms with Crippen LogP contribution in [0.15, 0.2) is 388 Å². The maximum atomic E-state index is 2.52. The average molecular weight is 1600 g/mol. The summed E-state index contributed by atoms with van der Waals surface area (Å²) in [5, 5.41) is 12.8. The lowest BCUT2D eigenvalue weighted by Gasteiger charge is -2.24. The molecular weight excluding hydrogens is 1500 g/mol. The van der Waals surface area contributed by atoms with Crippen LogP contribution < -0.4 is 0 Å². The van der Waals surface area contributed by atoms with Gasteiger partial charge in [-0.05, 0) is 315 Å². The first kappa shape index (κ1) is 74.5. The summed E-state index contributed by atoms with van der Waals surface area (Å²) in [5.74, 6) is 0. The number of rotatable bonds is 8. The van der Waals surface area contributed by atoms with Gasteiger partial charge in [-0.25, -0.2) is 0 Å². The molecule has 0 aromatic heterocycles. The van der Waals surface area contributed by atoms with E-state index in [1.54, 1.807) is 0 Å². The van der Waals surface area contributed by atoms with Crippen LogP contribution in [0.4, 0.5) is 0 Å². The minimum Gasteiger partial charge on any atom is -0.0622 e. The van der Waals surface area contributed by atoms with Gasteiger partial charge in [0.25, 0.3) is 0 Å². The molecule has 0 nitrogen and oxygen atoms in total. The Balaban J connectivity index is 0.000000141. The minimum atomic E-state index is -0.191. The van der Waals surface area contributed by atoms with Gasteiger partial charge in [0, 0.05) is 27.1 Å². The molecule has 0 spiro atoms. The molecule has 0 bridgehead atoms. The van der Waals surface area contributed by atoms with E-state index in [0.29, 0.717) is 0 Å². The lowest BCUT2D eigenvalue weighted by molar-refractivity contribution is 0.659. The summed E-state index contributed by atoms with van der Waals surface area (Å²) in [6.07, 6.45) is 0. The Kier molecular flexibility index (Phi) is 16.3. The molecule has 125 heavy (non-hydrogen) atoms. The highest BCUT2D eigenvalue weighted by atomic mass is 14.5. The van der Waals surface area contributed by atoms with Crippen molar-refractivity contribution in [3.63, 3.8) is 0 Å². The van der Waals surface area contributed by atoms with Crippen LogP contribution in [0.3, 0.4) is 0 Å². The van der Waals surface area contributed by atoms with Crippen LogP contribution in [0.2, 0.25) is 0 Å². The molecule has 0 radical (unpaired) electrons. The molecule has 594 valence electrons. The first-order valence-corrected chi connectivity index (χ1v) is 44.7. The van der Waals surface area contributed by atoms with Gasteiger partial charge < -0.3 is 0 Å². The molecule has 0 aliphatic heterocycles. The number of fused-ring (bicyclic) bond motifs is 20. The molecule has 0 unspecified atom stereocenters. The van der Waals surface area contributed by atoms with Gasteiger partial charge in [-0.1, -0.05) is 397 Å². The van der Waals surface area contributed by atoms with Gasteiger partial charge in [0.05, 0.1) is 0 Å². The van der Waals surface area contributed by atoms with Crippen molar-refractivity contribution >= 4 is 53.9 Å². The van der Waals surface area contributed by atoms with E-state index in [0.717, 1.165) is 0 Å². The first-order valence-electron chi connectivity index (χ1n) is 44.7. The Labute approximate surface area is 733 Å². The van der Waals surface area contributed by atoms with Gasteiger partial charge in [0.2, 0.25) is 0 Å². The zero-order valence-electron chi connectivity index (χ0n) is 72.5. The highest BCUT2D eigenvalue weighted by molar-refractivity contribution is 6.24. The molecule has 0 fully saturated rings. The SMILES string of the molecule is CC1(C)c2ccccc2-c2ccc(-c3c4ccccc4c(-c4ccc5c(c4)C(C)(C)c4cc(-c6ccc7ccccc7c6)ccc4-5)c4ccc(-c5ccccc5)cc34)cc21.CC1(C)c2ccccc2-c2ccc(-c3ccc4c(c3)C(C)(C)c3cc(-c5c6ccccc6c(-c6ccc7c(c6)C(C)(C)c6ccccc6-7)c6cc(-c7ccccc7)ccc56)ccc3-4)cc21. The second-order valence-corrected chi connectivity index (χ2v) is 38.5. The molecule has 20 aromatic carbocycles. The molecule has 0 atom stereocenters. The molecular formula is C125H94. The number of hydrogen-bond donors (Lipinski definition) is 0. The second-order valence-electron chi connectivity index (χ2n) is 38.5. The molecule has 0 saturated carbocycles. The Morgan fingerprint density at radius 1 is 0.120 bits per heavy atom. The van der Waals surface area contributed by atoms with Gasteiger partial charge in [0.15, 0.2) is 0 Å². The minimum absolute atomic E-state index is 0.0368. The third-order valence-corrected chi connectivity index (χ3v) is 29.9. The highest BCUT2D eigenvalue weighted by Gasteiger charge is 2.42. The quantitative estimate of drug-likeness (QED) is 0.133. The van der Waals surface area contributed by atoms with Crippen LogP contribution in [0.5, 0.6) is 0 Å². The van der Waals surface area contributed by atoms with Crippen LogP contribution >= 0.6 is 0 Å². The summed E-state index contributed by atoms with van der Waals surface area (Å²) >= 11 is 0. The van der Waals surface area contributed by atoms with Crippen LogP contribution in [-0.4, -0.2) is 0 Å². The number of hydrogen-bond acceptors (Lipinski definition) is 0. The molecule has 0 N–H and O–H groups in total. The van der Waals surface area contributed by atoms with Crippen molar-refractivity contribution in [2.45, 2.75) is 96.3 Å². The fourth-order valence-electron chi connectivity index (χ4n) is 23.3. The first-order chi connectivity index (χ1) is 60.7. The van der Waals surface area contributed by atoms with Gasteiger partial charge in [-0.3, -0.25) is 0 Å². The Bertz CT molecular complexity index is 8030. The molecule has 0 heteroatoms. The summed E-state index contributed by atoms with van der Waals surface area (Å²) in [6.45, 7) is 23.9. The molecule has 0 saturated heterocycles. The molecule has 5 aliphatic carbocycles. The van der Waals surface area contributed by atoms with E-state index in [4.69, 9.17) is 0 Å². The van der Waals surface area contributed by atoms with Crippen LogP contribution in [0, 0.1) is 0 Å². The molecule has 20 aromatic rings. The lowest BCUT2D eigenvalue weighted by Crippen LogP contribution is -2.15. The zero-order valence-corrected chi connectivity index (χ0v) is 72.5. The van der Waals surface area contributed by atoms with Gasteiger partial charge in [0.1, 0.15) is 0 Å². The Hall–Kier alpha value is -14.3. The fourth-order valence-corrected chi connectivity index (χ4v) is 23.3. The molecule has 25 rings (SSSR count). The van der Waals surface area contributed by atoms with E-state index in [1.807, 2.05) is 0 Å². The number of benzene rings is 20. The van der Waals surface area contributed by atoms with E-state index in [1.165, 1.54) is 254 Å². The van der Waals surface area contributed by atoms with E-state index in [9.17, 15) is 0 Å². The van der Waals surface area contributed by atoms with Gasteiger partial charge in [-0.2, -0.15) is 0 Å². The lowest BCUT2D eigenvalue weighted by atomic mass is 9.79. The van der Waals surface area contributed by atoms with E-state index in [2.05, 4.69) is 457 Å².